The van der Waals surface area contributed by atoms with Crippen LogP contribution in [0.3, 0.4) is 0 Å². The Bertz CT molecular complexity index is 240. The quantitative estimate of drug-likeness (QED) is 0.716. The molecule has 3 heteroatoms. The SMILES string of the molecule is C=C(Br)Cn1ccnc1C. The van der Waals surface area contributed by atoms with E-state index in [0.717, 1.165) is 16.9 Å². The Morgan fingerprint density at radius 2 is 2.60 bits per heavy atom. The number of imidazole rings is 1. The van der Waals surface area contributed by atoms with Gasteiger partial charge in [-0.1, -0.05) is 22.5 Å². The second-order valence-electron chi connectivity index (χ2n) is 2.12. The molecule has 54 valence electrons. The lowest BCUT2D eigenvalue weighted by molar-refractivity contribution is 0.777. The Labute approximate surface area is 68.7 Å². The lowest BCUT2D eigenvalue weighted by Gasteiger charge is -2.00. The lowest BCUT2D eigenvalue weighted by Crippen LogP contribution is -1.97. The summed E-state index contributed by atoms with van der Waals surface area (Å²) in [6, 6.07) is 0. The number of allylic oxidation sites excluding steroid dienone is 1. The van der Waals surface area contributed by atoms with Crippen LogP contribution in [0.4, 0.5) is 0 Å². The average Bonchev–Trinajstić information content (AvgIpc) is 2.15. The van der Waals surface area contributed by atoms with Gasteiger partial charge < -0.3 is 4.57 Å². The van der Waals surface area contributed by atoms with Crippen LogP contribution in [-0.4, -0.2) is 9.55 Å². The van der Waals surface area contributed by atoms with Crippen LogP contribution in [0.5, 0.6) is 0 Å². The molecule has 0 aliphatic rings. The van der Waals surface area contributed by atoms with Crippen molar-refractivity contribution in [2.75, 3.05) is 0 Å². The molecule has 0 spiro atoms. The molecular formula is C7H9BrN2. The highest BCUT2D eigenvalue weighted by atomic mass is 79.9. The van der Waals surface area contributed by atoms with E-state index >= 15 is 0 Å². The van der Waals surface area contributed by atoms with Gasteiger partial charge in [-0.2, -0.15) is 0 Å². The molecule has 0 aliphatic carbocycles. The Hall–Kier alpha value is -0.570. The van der Waals surface area contributed by atoms with E-state index < -0.39 is 0 Å². The molecule has 0 aromatic carbocycles. The van der Waals surface area contributed by atoms with Crippen molar-refractivity contribution in [1.29, 1.82) is 0 Å². The second-order valence-corrected chi connectivity index (χ2v) is 3.24. The monoisotopic (exact) mass is 200 g/mol. The molecule has 0 N–H and O–H groups in total. The fourth-order valence-electron chi connectivity index (χ4n) is 0.756. The standard InChI is InChI=1S/C7H9BrN2/c1-6(8)5-10-4-3-9-7(10)2/h3-4H,1,5H2,2H3. The number of nitrogens with zero attached hydrogens (tertiary/aromatic N) is 2. The highest BCUT2D eigenvalue weighted by molar-refractivity contribution is 9.11. The van der Waals surface area contributed by atoms with E-state index in [0.29, 0.717) is 0 Å². The summed E-state index contributed by atoms with van der Waals surface area (Å²) in [6.45, 7) is 6.50. The third-order valence-corrected chi connectivity index (χ3v) is 1.52. The van der Waals surface area contributed by atoms with Crippen LogP contribution in [0, 0.1) is 6.92 Å². The molecule has 1 rings (SSSR count). The van der Waals surface area contributed by atoms with Gasteiger partial charge in [-0.15, -0.1) is 0 Å². The topological polar surface area (TPSA) is 17.8 Å². The highest BCUT2D eigenvalue weighted by Crippen LogP contribution is 2.06. The predicted octanol–water partition coefficient (Wildman–Crippen LogP) is 2.10. The van der Waals surface area contributed by atoms with Crippen molar-refractivity contribution in [2.24, 2.45) is 0 Å². The van der Waals surface area contributed by atoms with Crippen molar-refractivity contribution < 1.29 is 0 Å². The third kappa shape index (κ3) is 1.70. The fourth-order valence-corrected chi connectivity index (χ4v) is 1.03. The van der Waals surface area contributed by atoms with Crippen LogP contribution in [0.25, 0.3) is 0 Å². The number of aromatic nitrogens is 2. The van der Waals surface area contributed by atoms with E-state index in [1.807, 2.05) is 17.7 Å². The van der Waals surface area contributed by atoms with E-state index in [1.54, 1.807) is 6.20 Å². The maximum Gasteiger partial charge on any atom is 0.105 e. The smallest absolute Gasteiger partial charge is 0.105 e. The number of hydrogen-bond acceptors (Lipinski definition) is 1. The normalized spacial score (nSPS) is 9.80. The van der Waals surface area contributed by atoms with Gasteiger partial charge >= 0.3 is 0 Å². The molecule has 0 atom stereocenters. The predicted molar refractivity (Wildman–Crippen MR) is 45.0 cm³/mol. The highest BCUT2D eigenvalue weighted by Gasteiger charge is 1.95. The largest absolute Gasteiger partial charge is 0.330 e. The minimum atomic E-state index is 0.797. The molecule has 0 saturated carbocycles. The molecule has 1 aromatic rings. The summed E-state index contributed by atoms with van der Waals surface area (Å²) in [5.74, 6) is 1.01. The molecular weight excluding hydrogens is 192 g/mol. The molecule has 1 aromatic heterocycles. The van der Waals surface area contributed by atoms with E-state index in [-0.39, 0.29) is 0 Å². The first-order valence-corrected chi connectivity index (χ1v) is 3.80. The molecule has 2 nitrogen and oxygen atoms in total. The summed E-state index contributed by atoms with van der Waals surface area (Å²) in [6.07, 6.45) is 3.72. The Morgan fingerprint density at radius 1 is 1.90 bits per heavy atom. The molecule has 0 aliphatic heterocycles. The number of aryl methyl sites for hydroxylation is 1. The molecule has 0 radical (unpaired) electrons. The van der Waals surface area contributed by atoms with Gasteiger partial charge in [-0.05, 0) is 6.92 Å². The van der Waals surface area contributed by atoms with Crippen LogP contribution >= 0.6 is 15.9 Å². The van der Waals surface area contributed by atoms with Gasteiger partial charge in [0.1, 0.15) is 5.82 Å². The summed E-state index contributed by atoms with van der Waals surface area (Å²) in [7, 11) is 0. The van der Waals surface area contributed by atoms with Crippen molar-refractivity contribution in [3.8, 4) is 0 Å². The van der Waals surface area contributed by atoms with E-state index in [1.165, 1.54) is 0 Å². The van der Waals surface area contributed by atoms with Crippen LogP contribution in [-0.2, 0) is 6.54 Å². The zero-order valence-corrected chi connectivity index (χ0v) is 7.43. The fraction of sp³-hybridized carbons (Fsp3) is 0.286. The Kier molecular flexibility index (Phi) is 2.27. The molecule has 0 amide bonds. The molecule has 0 bridgehead atoms. The zero-order chi connectivity index (χ0) is 7.56. The summed E-state index contributed by atoms with van der Waals surface area (Å²) in [5, 5.41) is 0. The molecule has 1 heterocycles. The summed E-state index contributed by atoms with van der Waals surface area (Å²) in [5.41, 5.74) is 0. The van der Waals surface area contributed by atoms with Crippen LogP contribution in [0.15, 0.2) is 23.5 Å². The first-order chi connectivity index (χ1) is 4.70. The van der Waals surface area contributed by atoms with Crippen molar-refractivity contribution >= 4 is 15.9 Å². The van der Waals surface area contributed by atoms with E-state index in [9.17, 15) is 0 Å². The number of rotatable bonds is 2. The van der Waals surface area contributed by atoms with Gasteiger partial charge in [0.2, 0.25) is 0 Å². The number of halogens is 1. The van der Waals surface area contributed by atoms with Gasteiger partial charge in [0.05, 0.1) is 6.54 Å². The second kappa shape index (κ2) is 3.01. The maximum atomic E-state index is 4.07. The average molecular weight is 201 g/mol. The van der Waals surface area contributed by atoms with Gasteiger partial charge in [0.15, 0.2) is 0 Å². The summed E-state index contributed by atoms with van der Waals surface area (Å²) < 4.78 is 2.99. The van der Waals surface area contributed by atoms with Crippen molar-refractivity contribution in [2.45, 2.75) is 13.5 Å². The molecule has 10 heavy (non-hydrogen) atoms. The van der Waals surface area contributed by atoms with Crippen molar-refractivity contribution in [3.63, 3.8) is 0 Å². The third-order valence-electron chi connectivity index (χ3n) is 1.27. The van der Waals surface area contributed by atoms with Crippen molar-refractivity contribution in [1.82, 2.24) is 9.55 Å². The Morgan fingerprint density at radius 3 is 3.00 bits per heavy atom. The first kappa shape index (κ1) is 7.54. The minimum Gasteiger partial charge on any atom is -0.330 e. The van der Waals surface area contributed by atoms with Gasteiger partial charge in [0.25, 0.3) is 0 Å². The maximum absolute atomic E-state index is 4.07. The first-order valence-electron chi connectivity index (χ1n) is 3.01. The number of hydrogen-bond donors (Lipinski definition) is 0. The van der Waals surface area contributed by atoms with E-state index in [2.05, 4.69) is 27.5 Å². The van der Waals surface area contributed by atoms with Crippen molar-refractivity contribution in [3.05, 3.63) is 29.3 Å². The van der Waals surface area contributed by atoms with Crippen LogP contribution < -0.4 is 0 Å². The van der Waals surface area contributed by atoms with Gasteiger partial charge in [0, 0.05) is 16.9 Å². The molecule has 0 saturated heterocycles. The molecule has 0 unspecified atom stereocenters. The Balaban J connectivity index is 2.74. The van der Waals surface area contributed by atoms with Crippen LogP contribution in [0.1, 0.15) is 5.82 Å². The van der Waals surface area contributed by atoms with Gasteiger partial charge in [-0.3, -0.25) is 0 Å². The van der Waals surface area contributed by atoms with Crippen LogP contribution in [0.2, 0.25) is 0 Å². The summed E-state index contributed by atoms with van der Waals surface area (Å²) >= 11 is 3.29. The molecule has 0 fully saturated rings. The summed E-state index contributed by atoms with van der Waals surface area (Å²) in [4.78, 5) is 4.07. The van der Waals surface area contributed by atoms with E-state index in [4.69, 9.17) is 0 Å². The lowest BCUT2D eigenvalue weighted by atomic mass is 10.6. The minimum absolute atomic E-state index is 0.797. The zero-order valence-electron chi connectivity index (χ0n) is 5.84. The van der Waals surface area contributed by atoms with Gasteiger partial charge in [-0.25, -0.2) is 4.98 Å².